The molecule has 1 aromatic heterocycles. The minimum Gasteiger partial charge on any atom is -0.453 e. The number of benzene rings is 1. The molecule has 9 nitrogen and oxygen atoms in total. The summed E-state index contributed by atoms with van der Waals surface area (Å²) >= 11 is 0. The van der Waals surface area contributed by atoms with Crippen LogP contribution in [-0.2, 0) is 30.7 Å². The van der Waals surface area contributed by atoms with E-state index in [4.69, 9.17) is 13.9 Å². The van der Waals surface area contributed by atoms with Crippen LogP contribution in [0.4, 0.5) is 0 Å². The topological polar surface area (TPSA) is 112 Å². The van der Waals surface area contributed by atoms with Gasteiger partial charge < -0.3 is 13.9 Å². The van der Waals surface area contributed by atoms with Gasteiger partial charge in [-0.2, -0.15) is 4.31 Å². The van der Waals surface area contributed by atoms with Gasteiger partial charge >= 0.3 is 5.97 Å². The van der Waals surface area contributed by atoms with Gasteiger partial charge in [0.25, 0.3) is 5.89 Å². The van der Waals surface area contributed by atoms with Crippen molar-refractivity contribution in [2.75, 3.05) is 26.3 Å². The molecule has 2 heterocycles. The summed E-state index contributed by atoms with van der Waals surface area (Å²) in [5, 5.41) is 7.53. The third-order valence-electron chi connectivity index (χ3n) is 4.35. The van der Waals surface area contributed by atoms with Crippen molar-refractivity contribution in [2.24, 2.45) is 0 Å². The number of ether oxygens (including phenoxy) is 2. The normalized spacial score (nSPS) is 16.6. The third-order valence-corrected chi connectivity index (χ3v) is 6.26. The number of rotatable bonds is 7. The van der Waals surface area contributed by atoms with Gasteiger partial charge in [-0.05, 0) is 31.0 Å². The Labute approximate surface area is 163 Å². The molecule has 1 atom stereocenters. The van der Waals surface area contributed by atoms with Crippen LogP contribution in [0.25, 0.3) is 0 Å². The summed E-state index contributed by atoms with van der Waals surface area (Å²) in [5.41, 5.74) is 0.846. The summed E-state index contributed by atoms with van der Waals surface area (Å²) in [6, 6.07) is 6.56. The summed E-state index contributed by atoms with van der Waals surface area (Å²) in [6.07, 6.45) is -0.0194. The van der Waals surface area contributed by atoms with E-state index >= 15 is 0 Å². The van der Waals surface area contributed by atoms with Crippen LogP contribution < -0.4 is 0 Å². The van der Waals surface area contributed by atoms with Crippen molar-refractivity contribution in [1.82, 2.24) is 14.5 Å². The fourth-order valence-electron chi connectivity index (χ4n) is 2.79. The average molecular weight is 409 g/mol. The standard InChI is InChI=1S/C18H23N3O6S/c1-13(18-20-19-14(2)27-18)26-17(22)8-5-15-3-6-16(7-4-15)28(23,24)21-9-11-25-12-10-21/h3-4,6-7,13H,5,8-12H2,1-2H3. The number of hydrogen-bond donors (Lipinski definition) is 0. The highest BCUT2D eigenvalue weighted by molar-refractivity contribution is 7.89. The van der Waals surface area contributed by atoms with Crippen LogP contribution in [0.1, 0.15) is 36.8 Å². The first-order valence-corrected chi connectivity index (χ1v) is 10.5. The molecule has 1 aliphatic rings. The Morgan fingerprint density at radius 1 is 1.21 bits per heavy atom. The zero-order chi connectivity index (χ0) is 20.1. The van der Waals surface area contributed by atoms with Gasteiger partial charge in [0.05, 0.1) is 18.1 Å². The molecule has 10 heteroatoms. The lowest BCUT2D eigenvalue weighted by Gasteiger charge is -2.26. The second kappa shape index (κ2) is 8.80. The lowest BCUT2D eigenvalue weighted by molar-refractivity contribution is -0.149. The fourth-order valence-corrected chi connectivity index (χ4v) is 4.20. The molecule has 0 amide bonds. The van der Waals surface area contributed by atoms with Gasteiger partial charge in [0, 0.05) is 26.4 Å². The van der Waals surface area contributed by atoms with Crippen molar-refractivity contribution < 1.29 is 27.1 Å². The molecule has 1 unspecified atom stereocenters. The molecule has 1 saturated heterocycles. The van der Waals surface area contributed by atoms with Crippen molar-refractivity contribution in [2.45, 2.75) is 37.7 Å². The molecule has 152 valence electrons. The Morgan fingerprint density at radius 3 is 2.50 bits per heavy atom. The van der Waals surface area contributed by atoms with Gasteiger partial charge in [-0.3, -0.25) is 4.79 Å². The number of hydrogen-bond acceptors (Lipinski definition) is 8. The lowest BCUT2D eigenvalue weighted by Crippen LogP contribution is -2.40. The van der Waals surface area contributed by atoms with Crippen LogP contribution in [0, 0.1) is 6.92 Å². The predicted molar refractivity (Wildman–Crippen MR) is 97.9 cm³/mol. The molecule has 3 rings (SSSR count). The quantitative estimate of drug-likeness (QED) is 0.635. The minimum absolute atomic E-state index is 0.160. The smallest absolute Gasteiger partial charge is 0.306 e. The van der Waals surface area contributed by atoms with Crippen LogP contribution in [0.5, 0.6) is 0 Å². The molecular formula is C18H23N3O6S. The molecule has 0 aliphatic carbocycles. The van der Waals surface area contributed by atoms with Gasteiger partial charge in [0.2, 0.25) is 15.9 Å². The Kier molecular flexibility index (Phi) is 6.42. The molecular weight excluding hydrogens is 386 g/mol. The number of carbonyl (C=O) groups excluding carboxylic acids is 1. The maximum Gasteiger partial charge on any atom is 0.306 e. The number of sulfonamides is 1. The molecule has 1 aromatic carbocycles. The van der Waals surface area contributed by atoms with E-state index in [1.54, 1.807) is 38.1 Å². The van der Waals surface area contributed by atoms with Gasteiger partial charge in [-0.1, -0.05) is 12.1 Å². The van der Waals surface area contributed by atoms with E-state index in [0.29, 0.717) is 38.6 Å². The highest BCUT2D eigenvalue weighted by Gasteiger charge is 2.26. The minimum atomic E-state index is -3.52. The van der Waals surface area contributed by atoms with E-state index in [1.807, 2.05) is 0 Å². The lowest BCUT2D eigenvalue weighted by atomic mass is 10.1. The highest BCUT2D eigenvalue weighted by Crippen LogP contribution is 2.19. The summed E-state index contributed by atoms with van der Waals surface area (Å²) < 4.78 is 42.3. The van der Waals surface area contributed by atoms with Crippen molar-refractivity contribution >= 4 is 16.0 Å². The van der Waals surface area contributed by atoms with Gasteiger partial charge in [-0.25, -0.2) is 8.42 Å². The Balaban J connectivity index is 1.53. The van der Waals surface area contributed by atoms with Gasteiger partial charge in [-0.15, -0.1) is 10.2 Å². The maximum atomic E-state index is 12.6. The Morgan fingerprint density at radius 2 is 1.89 bits per heavy atom. The Hall–Kier alpha value is -2.30. The molecule has 0 bridgehead atoms. The van der Waals surface area contributed by atoms with E-state index in [1.165, 1.54) is 4.31 Å². The molecule has 0 radical (unpaired) electrons. The monoisotopic (exact) mass is 409 g/mol. The van der Waals surface area contributed by atoms with Crippen LogP contribution in [0.3, 0.4) is 0 Å². The average Bonchev–Trinajstić information content (AvgIpc) is 3.14. The van der Waals surface area contributed by atoms with E-state index in [9.17, 15) is 13.2 Å². The number of carbonyl (C=O) groups is 1. The van der Waals surface area contributed by atoms with Crippen LogP contribution in [0.15, 0.2) is 33.6 Å². The SMILES string of the molecule is Cc1nnc(C(C)OC(=O)CCc2ccc(S(=O)(=O)N3CCOCC3)cc2)o1. The summed E-state index contributed by atoms with van der Waals surface area (Å²) in [5.74, 6) is 0.266. The second-order valence-electron chi connectivity index (χ2n) is 6.45. The largest absolute Gasteiger partial charge is 0.453 e. The number of morpholine rings is 1. The molecule has 1 aliphatic heterocycles. The summed E-state index contributed by atoms with van der Waals surface area (Å²) in [4.78, 5) is 12.3. The molecule has 0 saturated carbocycles. The van der Waals surface area contributed by atoms with E-state index < -0.39 is 22.1 Å². The van der Waals surface area contributed by atoms with Crippen LogP contribution >= 0.6 is 0 Å². The molecule has 2 aromatic rings. The zero-order valence-corrected chi connectivity index (χ0v) is 16.6. The van der Waals surface area contributed by atoms with Crippen LogP contribution in [-0.4, -0.2) is 55.2 Å². The number of aryl methyl sites for hydroxylation is 2. The highest BCUT2D eigenvalue weighted by atomic mass is 32.2. The maximum absolute atomic E-state index is 12.6. The number of nitrogens with zero attached hydrogens (tertiary/aromatic N) is 3. The Bertz CT molecular complexity index is 904. The van der Waals surface area contributed by atoms with E-state index in [-0.39, 0.29) is 17.2 Å². The van der Waals surface area contributed by atoms with Gasteiger partial charge in [0.1, 0.15) is 0 Å². The zero-order valence-electron chi connectivity index (χ0n) is 15.8. The van der Waals surface area contributed by atoms with Crippen molar-refractivity contribution in [3.05, 3.63) is 41.6 Å². The first-order valence-electron chi connectivity index (χ1n) is 9.02. The molecule has 0 N–H and O–H groups in total. The van der Waals surface area contributed by atoms with Crippen molar-refractivity contribution in [1.29, 1.82) is 0 Å². The van der Waals surface area contributed by atoms with Crippen molar-refractivity contribution in [3.8, 4) is 0 Å². The number of aromatic nitrogens is 2. The molecule has 1 fully saturated rings. The summed E-state index contributed by atoms with van der Waals surface area (Å²) in [7, 11) is -3.52. The molecule has 0 spiro atoms. The van der Waals surface area contributed by atoms with Crippen LogP contribution in [0.2, 0.25) is 0 Å². The molecule has 28 heavy (non-hydrogen) atoms. The summed E-state index contributed by atoms with van der Waals surface area (Å²) in [6.45, 7) is 4.84. The van der Waals surface area contributed by atoms with Crippen molar-refractivity contribution in [3.63, 3.8) is 0 Å². The van der Waals surface area contributed by atoms with Gasteiger partial charge in [0.15, 0.2) is 6.10 Å². The fraction of sp³-hybridized carbons (Fsp3) is 0.500. The third kappa shape index (κ3) is 4.94. The number of esters is 1. The van der Waals surface area contributed by atoms with E-state index in [0.717, 1.165) is 5.56 Å². The predicted octanol–water partition coefficient (Wildman–Crippen LogP) is 1.64. The first-order chi connectivity index (χ1) is 13.4. The van der Waals surface area contributed by atoms with E-state index in [2.05, 4.69) is 10.2 Å². The first kappa shape index (κ1) is 20.4. The second-order valence-corrected chi connectivity index (χ2v) is 8.39.